The topological polar surface area (TPSA) is 50.2 Å². The Morgan fingerprint density at radius 1 is 1.53 bits per heavy atom. The Labute approximate surface area is 128 Å². The van der Waals surface area contributed by atoms with Crippen molar-refractivity contribution in [3.63, 3.8) is 0 Å². The van der Waals surface area contributed by atoms with Crippen LogP contribution in [0.1, 0.15) is 28.8 Å². The van der Waals surface area contributed by atoms with Crippen LogP contribution in [0.2, 0.25) is 5.02 Å². The molecule has 2 rings (SSSR count). The molecule has 0 radical (unpaired) electrons. The quantitative estimate of drug-likeness (QED) is 0.845. The van der Waals surface area contributed by atoms with Gasteiger partial charge in [-0.05, 0) is 31.0 Å². The van der Waals surface area contributed by atoms with E-state index in [2.05, 4.69) is 20.9 Å². The first-order valence-corrected chi connectivity index (χ1v) is 7.70. The van der Waals surface area contributed by atoms with Gasteiger partial charge < -0.3 is 5.11 Å². The van der Waals surface area contributed by atoms with E-state index in [1.807, 2.05) is 13.0 Å². The van der Waals surface area contributed by atoms with Gasteiger partial charge in [-0.2, -0.15) is 0 Å². The van der Waals surface area contributed by atoms with E-state index >= 15 is 0 Å². The van der Waals surface area contributed by atoms with Crippen LogP contribution >= 0.6 is 38.9 Å². The summed E-state index contributed by atoms with van der Waals surface area (Å²) >= 11 is 10.8. The maximum atomic E-state index is 11.3. The Hall–Kier alpha value is -0.910. The molecule has 1 aromatic heterocycles. The smallest absolute Gasteiger partial charge is 0.356 e. The summed E-state index contributed by atoms with van der Waals surface area (Å²) in [5, 5.41) is 10.7. The molecule has 0 aliphatic rings. The standard InChI is InChI=1S/C13H11BrClNO2S/c1-2-3-10-16-11(13(17)18)12(19-10)8-6-7(15)4-5-9(8)14/h4-6H,2-3H2,1H3,(H,17,18). The van der Waals surface area contributed by atoms with Gasteiger partial charge in [0.2, 0.25) is 0 Å². The van der Waals surface area contributed by atoms with Crippen LogP contribution < -0.4 is 0 Å². The van der Waals surface area contributed by atoms with Gasteiger partial charge in [0, 0.05) is 15.1 Å². The van der Waals surface area contributed by atoms with E-state index in [1.54, 1.807) is 12.1 Å². The lowest BCUT2D eigenvalue weighted by Crippen LogP contribution is -1.99. The van der Waals surface area contributed by atoms with Gasteiger partial charge in [-0.3, -0.25) is 0 Å². The molecule has 0 aliphatic heterocycles. The Bertz CT molecular complexity index is 627. The zero-order chi connectivity index (χ0) is 14.0. The van der Waals surface area contributed by atoms with Crippen molar-refractivity contribution in [2.24, 2.45) is 0 Å². The van der Waals surface area contributed by atoms with E-state index in [0.29, 0.717) is 9.90 Å². The van der Waals surface area contributed by atoms with E-state index in [9.17, 15) is 9.90 Å². The summed E-state index contributed by atoms with van der Waals surface area (Å²) in [4.78, 5) is 16.2. The predicted octanol–water partition coefficient (Wildman–Crippen LogP) is 4.88. The first-order valence-electron chi connectivity index (χ1n) is 5.71. The van der Waals surface area contributed by atoms with Gasteiger partial charge in [-0.25, -0.2) is 9.78 Å². The second-order valence-electron chi connectivity index (χ2n) is 3.96. The minimum absolute atomic E-state index is 0.0939. The average molecular weight is 361 g/mol. The number of carboxylic acids is 1. The van der Waals surface area contributed by atoms with E-state index in [-0.39, 0.29) is 5.69 Å². The highest BCUT2D eigenvalue weighted by molar-refractivity contribution is 9.10. The van der Waals surface area contributed by atoms with E-state index < -0.39 is 5.97 Å². The number of benzene rings is 1. The number of rotatable bonds is 4. The molecule has 100 valence electrons. The Morgan fingerprint density at radius 2 is 2.26 bits per heavy atom. The minimum atomic E-state index is -1.01. The van der Waals surface area contributed by atoms with Crippen LogP contribution in [0, 0.1) is 0 Å². The van der Waals surface area contributed by atoms with Crippen LogP contribution in [-0.2, 0) is 6.42 Å². The molecule has 1 N–H and O–H groups in total. The number of aromatic nitrogens is 1. The second kappa shape index (κ2) is 6.03. The van der Waals surface area contributed by atoms with E-state index in [0.717, 1.165) is 27.9 Å². The van der Waals surface area contributed by atoms with Crippen LogP contribution in [0.3, 0.4) is 0 Å². The summed E-state index contributed by atoms with van der Waals surface area (Å²) in [6.07, 6.45) is 1.71. The third-order valence-corrected chi connectivity index (χ3v) is 4.59. The monoisotopic (exact) mass is 359 g/mol. The van der Waals surface area contributed by atoms with Crippen molar-refractivity contribution in [1.29, 1.82) is 0 Å². The molecular weight excluding hydrogens is 350 g/mol. The molecule has 0 saturated carbocycles. The number of halogens is 2. The molecule has 6 heteroatoms. The number of thiazole rings is 1. The number of aryl methyl sites for hydroxylation is 1. The maximum absolute atomic E-state index is 11.3. The first-order chi connectivity index (χ1) is 9.02. The third kappa shape index (κ3) is 3.16. The number of aromatic carboxylic acids is 1. The molecule has 0 spiro atoms. The van der Waals surface area contributed by atoms with Gasteiger partial charge in [0.1, 0.15) is 0 Å². The Morgan fingerprint density at radius 3 is 2.89 bits per heavy atom. The highest BCUT2D eigenvalue weighted by Crippen LogP contribution is 2.37. The zero-order valence-corrected chi connectivity index (χ0v) is 13.3. The van der Waals surface area contributed by atoms with Crippen LogP contribution in [-0.4, -0.2) is 16.1 Å². The van der Waals surface area contributed by atoms with E-state index in [4.69, 9.17) is 11.6 Å². The molecule has 1 aromatic carbocycles. The molecule has 0 unspecified atom stereocenters. The summed E-state index contributed by atoms with van der Waals surface area (Å²) in [7, 11) is 0. The van der Waals surface area contributed by atoms with Crippen LogP contribution in [0.25, 0.3) is 10.4 Å². The Balaban J connectivity index is 2.59. The summed E-state index contributed by atoms with van der Waals surface area (Å²) in [5.41, 5.74) is 0.862. The molecule has 0 bridgehead atoms. The first kappa shape index (κ1) is 14.5. The largest absolute Gasteiger partial charge is 0.476 e. The summed E-state index contributed by atoms with van der Waals surface area (Å²) in [6, 6.07) is 5.31. The number of hydrogen-bond donors (Lipinski definition) is 1. The van der Waals surface area contributed by atoms with Gasteiger partial charge in [0.05, 0.1) is 9.88 Å². The highest BCUT2D eigenvalue weighted by atomic mass is 79.9. The molecule has 1 heterocycles. The normalized spacial score (nSPS) is 10.7. The molecule has 0 amide bonds. The highest BCUT2D eigenvalue weighted by Gasteiger charge is 2.20. The van der Waals surface area contributed by atoms with Crippen molar-refractivity contribution < 1.29 is 9.90 Å². The lowest BCUT2D eigenvalue weighted by atomic mass is 10.1. The fraction of sp³-hybridized carbons (Fsp3) is 0.231. The number of hydrogen-bond acceptors (Lipinski definition) is 3. The summed E-state index contributed by atoms with van der Waals surface area (Å²) < 4.78 is 0.811. The van der Waals surface area contributed by atoms with E-state index in [1.165, 1.54) is 11.3 Å². The summed E-state index contributed by atoms with van der Waals surface area (Å²) in [6.45, 7) is 2.04. The number of nitrogens with zero attached hydrogens (tertiary/aromatic N) is 1. The number of carboxylic acid groups (broad SMARTS) is 1. The molecule has 0 saturated heterocycles. The minimum Gasteiger partial charge on any atom is -0.476 e. The maximum Gasteiger partial charge on any atom is 0.356 e. The van der Waals surface area contributed by atoms with Crippen molar-refractivity contribution in [2.75, 3.05) is 0 Å². The van der Waals surface area contributed by atoms with Crippen molar-refractivity contribution in [3.8, 4) is 10.4 Å². The fourth-order valence-electron chi connectivity index (χ4n) is 1.68. The second-order valence-corrected chi connectivity index (χ2v) is 6.34. The number of carbonyl (C=O) groups is 1. The lowest BCUT2D eigenvalue weighted by molar-refractivity contribution is 0.0692. The van der Waals surface area contributed by atoms with Crippen molar-refractivity contribution in [3.05, 3.63) is 38.4 Å². The molecule has 2 aromatic rings. The Kier molecular flexibility index (Phi) is 4.60. The SMILES string of the molecule is CCCc1nc(C(=O)O)c(-c2cc(Cl)ccc2Br)s1. The molecule has 0 aliphatic carbocycles. The molecule has 3 nitrogen and oxygen atoms in total. The summed E-state index contributed by atoms with van der Waals surface area (Å²) in [5.74, 6) is -1.01. The molecular formula is C13H11BrClNO2S. The van der Waals surface area contributed by atoms with Crippen LogP contribution in [0.5, 0.6) is 0 Å². The van der Waals surface area contributed by atoms with Gasteiger partial charge >= 0.3 is 5.97 Å². The average Bonchev–Trinajstić information content (AvgIpc) is 2.77. The van der Waals surface area contributed by atoms with Crippen LogP contribution in [0.4, 0.5) is 0 Å². The van der Waals surface area contributed by atoms with Gasteiger partial charge in [0.25, 0.3) is 0 Å². The molecule has 0 fully saturated rings. The zero-order valence-electron chi connectivity index (χ0n) is 10.1. The van der Waals surface area contributed by atoms with Crippen molar-refractivity contribution in [2.45, 2.75) is 19.8 Å². The molecule has 0 atom stereocenters. The van der Waals surface area contributed by atoms with Crippen LogP contribution in [0.15, 0.2) is 22.7 Å². The molecule has 19 heavy (non-hydrogen) atoms. The fourth-order valence-corrected chi connectivity index (χ4v) is 3.62. The van der Waals surface area contributed by atoms with Gasteiger partial charge in [-0.15, -0.1) is 11.3 Å². The third-order valence-electron chi connectivity index (χ3n) is 2.51. The lowest BCUT2D eigenvalue weighted by Gasteiger charge is -2.03. The van der Waals surface area contributed by atoms with Gasteiger partial charge in [-0.1, -0.05) is 34.5 Å². The van der Waals surface area contributed by atoms with Crippen molar-refractivity contribution in [1.82, 2.24) is 4.98 Å². The predicted molar refractivity (Wildman–Crippen MR) is 81.2 cm³/mol. The van der Waals surface area contributed by atoms with Gasteiger partial charge in [0.15, 0.2) is 5.69 Å². The van der Waals surface area contributed by atoms with Crippen molar-refractivity contribution >= 4 is 44.8 Å².